The van der Waals surface area contributed by atoms with Crippen LogP contribution in [0.5, 0.6) is 5.75 Å². The average Bonchev–Trinajstić information content (AvgIpc) is 3.10. The molecule has 1 aromatic carbocycles. The minimum absolute atomic E-state index is 0.135. The van der Waals surface area contributed by atoms with Crippen molar-refractivity contribution in [2.45, 2.75) is 25.8 Å². The van der Waals surface area contributed by atoms with Gasteiger partial charge in [0.15, 0.2) is 6.61 Å². The molecule has 0 bridgehead atoms. The maximum Gasteiger partial charge on any atom is 0.348 e. The Bertz CT molecular complexity index is 845. The number of amides is 1. The number of rotatable bonds is 7. The minimum atomic E-state index is -0.473. The Hall–Kier alpha value is -2.38. The maximum atomic E-state index is 12.4. The fourth-order valence-electron chi connectivity index (χ4n) is 3.15. The van der Waals surface area contributed by atoms with Crippen molar-refractivity contribution in [1.82, 2.24) is 5.32 Å². The molecule has 1 heterocycles. The predicted octanol–water partition coefficient (Wildman–Crippen LogP) is 2.83. The van der Waals surface area contributed by atoms with Crippen LogP contribution in [-0.2, 0) is 27.1 Å². The Balaban J connectivity index is 1.66. The Morgan fingerprint density at radius 1 is 1.19 bits per heavy atom. The van der Waals surface area contributed by atoms with E-state index in [0.29, 0.717) is 11.5 Å². The second-order valence-corrected chi connectivity index (χ2v) is 7.54. The Kier molecular flexibility index (Phi) is 6.13. The van der Waals surface area contributed by atoms with Crippen LogP contribution >= 0.6 is 11.3 Å². The van der Waals surface area contributed by atoms with E-state index in [-0.39, 0.29) is 18.6 Å². The van der Waals surface area contributed by atoms with Gasteiger partial charge in [-0.05, 0) is 60.7 Å². The molecule has 0 aliphatic heterocycles. The number of methoxy groups -OCH3 is 2. The van der Waals surface area contributed by atoms with Crippen LogP contribution in [0.2, 0.25) is 0 Å². The Morgan fingerprint density at radius 2 is 1.96 bits per heavy atom. The monoisotopic (exact) mass is 389 g/mol. The highest BCUT2D eigenvalue weighted by atomic mass is 32.1. The van der Waals surface area contributed by atoms with Crippen molar-refractivity contribution < 1.29 is 23.8 Å². The summed E-state index contributed by atoms with van der Waals surface area (Å²) in [6, 6.07) is 7.74. The number of carbonyl (C=O) groups excluding carboxylic acids is 2. The van der Waals surface area contributed by atoms with Gasteiger partial charge in [-0.3, -0.25) is 4.79 Å². The highest BCUT2D eigenvalue weighted by Crippen LogP contribution is 2.40. The molecule has 0 fully saturated rings. The molecule has 0 unspecified atom stereocenters. The first-order valence-corrected chi connectivity index (χ1v) is 9.59. The summed E-state index contributed by atoms with van der Waals surface area (Å²) in [7, 11) is 3.22. The molecule has 3 rings (SSSR count). The van der Waals surface area contributed by atoms with E-state index in [1.807, 2.05) is 31.2 Å². The van der Waals surface area contributed by atoms with E-state index in [1.165, 1.54) is 16.9 Å². The molecule has 0 saturated carbocycles. The lowest BCUT2D eigenvalue weighted by Gasteiger charge is -2.16. The fraction of sp³-hybridized carbons (Fsp3) is 0.400. The number of hydrogen-bond donors (Lipinski definition) is 1. The molecule has 0 saturated heterocycles. The zero-order valence-electron chi connectivity index (χ0n) is 15.7. The summed E-state index contributed by atoms with van der Waals surface area (Å²) in [6.45, 7) is 1.92. The summed E-state index contributed by atoms with van der Waals surface area (Å²) in [5, 5.41) is 2.71. The van der Waals surface area contributed by atoms with Gasteiger partial charge in [0.1, 0.15) is 10.6 Å². The third kappa shape index (κ3) is 4.48. The molecule has 1 aliphatic rings. The van der Waals surface area contributed by atoms with Gasteiger partial charge in [-0.25, -0.2) is 4.79 Å². The number of carbonyl (C=O) groups is 2. The molecule has 1 amide bonds. The summed E-state index contributed by atoms with van der Waals surface area (Å²) >= 11 is 1.41. The van der Waals surface area contributed by atoms with Crippen LogP contribution in [0.3, 0.4) is 0 Å². The normalized spacial score (nSPS) is 13.3. The predicted molar refractivity (Wildman–Crippen MR) is 103 cm³/mol. The van der Waals surface area contributed by atoms with Crippen molar-refractivity contribution in [3.05, 3.63) is 40.3 Å². The first kappa shape index (κ1) is 19.4. The zero-order chi connectivity index (χ0) is 19.4. The summed E-state index contributed by atoms with van der Waals surface area (Å²) in [5.41, 5.74) is 3.49. The van der Waals surface area contributed by atoms with Gasteiger partial charge < -0.3 is 19.5 Å². The quantitative estimate of drug-likeness (QED) is 0.737. The van der Waals surface area contributed by atoms with Crippen molar-refractivity contribution in [1.29, 1.82) is 0 Å². The van der Waals surface area contributed by atoms with E-state index >= 15 is 0 Å². The lowest BCUT2D eigenvalue weighted by atomic mass is 9.91. The highest BCUT2D eigenvalue weighted by Gasteiger charge is 2.23. The summed E-state index contributed by atoms with van der Waals surface area (Å²) < 4.78 is 15.4. The van der Waals surface area contributed by atoms with Crippen LogP contribution in [-0.4, -0.2) is 45.4 Å². The number of fused-ring (bicyclic) bond motifs is 3. The molecule has 1 atom stereocenters. The number of nitrogens with one attached hydrogen (secondary N) is 1. The SMILES string of the molecule is COC[C@H](C)NC(=O)COC(=O)c1cc2c(s1)-c1ccc(OC)cc1CC2. The van der Waals surface area contributed by atoms with E-state index in [9.17, 15) is 9.59 Å². The van der Waals surface area contributed by atoms with Gasteiger partial charge >= 0.3 is 5.97 Å². The van der Waals surface area contributed by atoms with Gasteiger partial charge in [-0.1, -0.05) is 0 Å². The van der Waals surface area contributed by atoms with E-state index in [0.717, 1.165) is 34.6 Å². The van der Waals surface area contributed by atoms with E-state index in [4.69, 9.17) is 14.2 Å². The molecular weight excluding hydrogens is 366 g/mol. The lowest BCUT2D eigenvalue weighted by Crippen LogP contribution is -2.38. The molecule has 2 aromatic rings. The summed E-state index contributed by atoms with van der Waals surface area (Å²) in [4.78, 5) is 25.8. The summed E-state index contributed by atoms with van der Waals surface area (Å²) in [6.07, 6.45) is 1.78. The minimum Gasteiger partial charge on any atom is -0.497 e. The number of thiophene rings is 1. The van der Waals surface area contributed by atoms with Crippen molar-refractivity contribution in [3.63, 3.8) is 0 Å². The first-order valence-electron chi connectivity index (χ1n) is 8.77. The van der Waals surface area contributed by atoms with Gasteiger partial charge in [-0.15, -0.1) is 11.3 Å². The van der Waals surface area contributed by atoms with Gasteiger partial charge in [-0.2, -0.15) is 0 Å². The molecule has 27 heavy (non-hydrogen) atoms. The number of hydrogen-bond acceptors (Lipinski definition) is 6. The molecule has 7 heteroatoms. The molecule has 1 N–H and O–H groups in total. The largest absolute Gasteiger partial charge is 0.497 e. The summed E-state index contributed by atoms with van der Waals surface area (Å²) in [5.74, 6) is 0.0211. The topological polar surface area (TPSA) is 73.9 Å². The molecule has 0 radical (unpaired) electrons. The van der Waals surface area contributed by atoms with Crippen LogP contribution in [0.4, 0.5) is 0 Å². The highest BCUT2D eigenvalue weighted by molar-refractivity contribution is 7.17. The second kappa shape index (κ2) is 8.54. The van der Waals surface area contributed by atoms with Gasteiger partial charge in [0, 0.05) is 18.0 Å². The third-order valence-corrected chi connectivity index (χ3v) is 5.58. The van der Waals surface area contributed by atoms with E-state index in [1.54, 1.807) is 14.2 Å². The zero-order valence-corrected chi connectivity index (χ0v) is 16.5. The second-order valence-electron chi connectivity index (χ2n) is 6.49. The first-order chi connectivity index (χ1) is 13.0. The maximum absolute atomic E-state index is 12.4. The standard InChI is InChI=1S/C20H23NO5S/c1-12(10-24-2)21-18(22)11-26-20(23)17-9-14-5-4-13-8-15(25-3)6-7-16(13)19(14)27-17/h6-9,12H,4-5,10-11H2,1-3H3,(H,21,22)/t12-/m0/s1. The van der Waals surface area contributed by atoms with Crippen LogP contribution in [0.1, 0.15) is 27.7 Å². The van der Waals surface area contributed by atoms with Crippen LogP contribution in [0, 0.1) is 0 Å². The molecule has 6 nitrogen and oxygen atoms in total. The van der Waals surface area contributed by atoms with Crippen LogP contribution < -0.4 is 10.1 Å². The molecule has 1 aliphatic carbocycles. The van der Waals surface area contributed by atoms with Gasteiger partial charge in [0.2, 0.25) is 0 Å². The molecule has 144 valence electrons. The lowest BCUT2D eigenvalue weighted by molar-refractivity contribution is -0.125. The van der Waals surface area contributed by atoms with Crippen LogP contribution in [0.25, 0.3) is 10.4 Å². The van der Waals surface area contributed by atoms with Crippen molar-refractivity contribution >= 4 is 23.2 Å². The van der Waals surface area contributed by atoms with E-state index in [2.05, 4.69) is 5.32 Å². The van der Waals surface area contributed by atoms with Gasteiger partial charge in [0.05, 0.1) is 13.7 Å². The van der Waals surface area contributed by atoms with Crippen molar-refractivity contribution in [2.75, 3.05) is 27.4 Å². The third-order valence-electron chi connectivity index (χ3n) is 4.39. The Labute approximate surface area is 162 Å². The number of ether oxygens (including phenoxy) is 3. The van der Waals surface area contributed by atoms with Crippen molar-refractivity contribution in [3.8, 4) is 16.2 Å². The number of esters is 1. The van der Waals surface area contributed by atoms with E-state index < -0.39 is 5.97 Å². The Morgan fingerprint density at radius 3 is 2.70 bits per heavy atom. The number of aryl methyl sites for hydroxylation is 2. The molecular formula is C20H23NO5S. The number of benzene rings is 1. The smallest absolute Gasteiger partial charge is 0.348 e. The fourth-order valence-corrected chi connectivity index (χ4v) is 4.31. The molecule has 1 aromatic heterocycles. The molecule has 0 spiro atoms. The average molecular weight is 389 g/mol. The van der Waals surface area contributed by atoms with Crippen LogP contribution in [0.15, 0.2) is 24.3 Å². The van der Waals surface area contributed by atoms with Crippen molar-refractivity contribution in [2.24, 2.45) is 0 Å². The van der Waals surface area contributed by atoms with Gasteiger partial charge in [0.25, 0.3) is 5.91 Å².